The number of hydrogen-bond acceptors (Lipinski definition) is 4. The average molecular weight is 294 g/mol. The van der Waals surface area contributed by atoms with Crippen molar-refractivity contribution in [3.63, 3.8) is 0 Å². The number of rotatable bonds is 7. The van der Waals surface area contributed by atoms with Gasteiger partial charge in [0.15, 0.2) is 6.61 Å². The predicted molar refractivity (Wildman–Crippen MR) is 79.1 cm³/mol. The van der Waals surface area contributed by atoms with Crippen LogP contribution < -0.4 is 5.32 Å². The molecule has 0 saturated heterocycles. The number of carbonyl (C=O) groups is 2. The molecule has 0 unspecified atom stereocenters. The molecule has 1 aliphatic rings. The molecule has 0 aliphatic heterocycles. The van der Waals surface area contributed by atoms with E-state index in [-0.39, 0.29) is 18.5 Å². The molecule has 1 aliphatic carbocycles. The summed E-state index contributed by atoms with van der Waals surface area (Å²) in [4.78, 5) is 23.4. The summed E-state index contributed by atoms with van der Waals surface area (Å²) in [5.41, 5.74) is -0.937. The van der Waals surface area contributed by atoms with E-state index in [1.165, 1.54) is 25.7 Å². The highest BCUT2D eigenvalue weighted by atomic mass is 16.5. The molecule has 1 saturated carbocycles. The number of esters is 1. The molecule has 0 aromatic heterocycles. The maximum atomic E-state index is 11.7. The van der Waals surface area contributed by atoms with E-state index in [2.05, 4.69) is 11.4 Å². The number of hydrogen-bond donors (Lipinski definition) is 1. The van der Waals surface area contributed by atoms with Crippen LogP contribution in [0.3, 0.4) is 0 Å². The van der Waals surface area contributed by atoms with E-state index in [9.17, 15) is 9.59 Å². The molecule has 0 aromatic rings. The average Bonchev–Trinajstić information content (AvgIpc) is 2.95. The standard InChI is InChI=1S/C16H26N2O3/c1-12(2)16(3,11-17)18-14(19)10-21-15(20)9-8-13-6-4-5-7-13/h12-13H,4-10H2,1-3H3,(H,18,19)/t16-/m1/s1. The molecule has 0 radical (unpaired) electrons. The van der Waals surface area contributed by atoms with Crippen LogP contribution >= 0.6 is 0 Å². The van der Waals surface area contributed by atoms with Gasteiger partial charge in [-0.05, 0) is 25.2 Å². The first-order chi connectivity index (χ1) is 9.87. The minimum Gasteiger partial charge on any atom is -0.456 e. The highest BCUT2D eigenvalue weighted by molar-refractivity contribution is 5.81. The lowest BCUT2D eigenvalue weighted by Crippen LogP contribution is -2.50. The zero-order valence-electron chi connectivity index (χ0n) is 13.3. The van der Waals surface area contributed by atoms with Crippen LogP contribution in [0, 0.1) is 23.2 Å². The Bertz CT molecular complexity index is 408. The Kier molecular flexibility index (Phi) is 6.67. The lowest BCUT2D eigenvalue weighted by atomic mass is 9.90. The molecule has 1 amide bonds. The van der Waals surface area contributed by atoms with E-state index >= 15 is 0 Å². The van der Waals surface area contributed by atoms with Crippen LogP contribution in [0.25, 0.3) is 0 Å². The van der Waals surface area contributed by atoms with E-state index in [1.54, 1.807) is 6.92 Å². The van der Waals surface area contributed by atoms with Gasteiger partial charge in [-0.15, -0.1) is 0 Å². The van der Waals surface area contributed by atoms with Crippen molar-refractivity contribution in [1.29, 1.82) is 5.26 Å². The van der Waals surface area contributed by atoms with Gasteiger partial charge in [-0.2, -0.15) is 5.26 Å². The molecule has 1 atom stereocenters. The smallest absolute Gasteiger partial charge is 0.306 e. The third kappa shape index (κ3) is 5.74. The second kappa shape index (κ2) is 8.02. The number of nitrogens with zero attached hydrogens (tertiary/aromatic N) is 1. The summed E-state index contributed by atoms with van der Waals surface area (Å²) in [5, 5.41) is 11.7. The Morgan fingerprint density at radius 3 is 2.52 bits per heavy atom. The van der Waals surface area contributed by atoms with Crippen LogP contribution in [0.5, 0.6) is 0 Å². The first-order valence-corrected chi connectivity index (χ1v) is 7.75. The third-order valence-corrected chi connectivity index (χ3v) is 4.38. The number of nitriles is 1. The zero-order chi connectivity index (χ0) is 15.9. The molecule has 1 rings (SSSR count). The van der Waals surface area contributed by atoms with Crippen LogP contribution in [0.15, 0.2) is 0 Å². The zero-order valence-corrected chi connectivity index (χ0v) is 13.3. The van der Waals surface area contributed by atoms with Gasteiger partial charge in [-0.25, -0.2) is 0 Å². The van der Waals surface area contributed by atoms with Gasteiger partial charge >= 0.3 is 5.97 Å². The van der Waals surface area contributed by atoms with Crippen molar-refractivity contribution in [1.82, 2.24) is 5.32 Å². The topological polar surface area (TPSA) is 79.2 Å². The highest BCUT2D eigenvalue weighted by Gasteiger charge is 2.30. The SMILES string of the molecule is CC(C)[C@@](C)(C#N)NC(=O)COC(=O)CCC1CCCC1. The van der Waals surface area contributed by atoms with Gasteiger partial charge in [0.05, 0.1) is 6.07 Å². The summed E-state index contributed by atoms with van der Waals surface area (Å²) in [6.45, 7) is 5.07. The number of ether oxygens (including phenoxy) is 1. The minimum absolute atomic E-state index is 0.0236. The summed E-state index contributed by atoms with van der Waals surface area (Å²) >= 11 is 0. The number of amides is 1. The monoisotopic (exact) mass is 294 g/mol. The molecule has 0 spiro atoms. The summed E-state index contributed by atoms with van der Waals surface area (Å²) in [6, 6.07) is 2.09. The Morgan fingerprint density at radius 2 is 2.00 bits per heavy atom. The van der Waals surface area contributed by atoms with Gasteiger partial charge in [0, 0.05) is 6.42 Å². The van der Waals surface area contributed by atoms with E-state index in [4.69, 9.17) is 10.00 Å². The summed E-state index contributed by atoms with van der Waals surface area (Å²) in [7, 11) is 0. The quantitative estimate of drug-likeness (QED) is 0.732. The van der Waals surface area contributed by atoms with Crippen molar-refractivity contribution in [2.24, 2.45) is 11.8 Å². The van der Waals surface area contributed by atoms with Gasteiger partial charge in [-0.3, -0.25) is 9.59 Å². The summed E-state index contributed by atoms with van der Waals surface area (Å²) < 4.78 is 4.97. The number of carbonyl (C=O) groups excluding carboxylic acids is 2. The molecule has 5 nitrogen and oxygen atoms in total. The molecule has 118 valence electrons. The maximum Gasteiger partial charge on any atom is 0.306 e. The largest absolute Gasteiger partial charge is 0.456 e. The molecule has 0 heterocycles. The highest BCUT2D eigenvalue weighted by Crippen LogP contribution is 2.28. The maximum absolute atomic E-state index is 11.7. The van der Waals surface area contributed by atoms with E-state index in [0.29, 0.717) is 12.3 Å². The molecular weight excluding hydrogens is 268 g/mol. The minimum atomic E-state index is -0.937. The van der Waals surface area contributed by atoms with E-state index in [0.717, 1.165) is 6.42 Å². The molecule has 5 heteroatoms. The summed E-state index contributed by atoms with van der Waals surface area (Å²) in [5.74, 6) is -0.152. The van der Waals surface area contributed by atoms with Crippen LogP contribution in [-0.2, 0) is 14.3 Å². The lowest BCUT2D eigenvalue weighted by molar-refractivity contribution is -0.149. The second-order valence-corrected chi connectivity index (χ2v) is 6.37. The van der Waals surface area contributed by atoms with Crippen molar-refractivity contribution in [2.45, 2.75) is 64.8 Å². The third-order valence-electron chi connectivity index (χ3n) is 4.38. The van der Waals surface area contributed by atoms with E-state index < -0.39 is 11.4 Å². The van der Waals surface area contributed by atoms with Gasteiger partial charge < -0.3 is 10.1 Å². The van der Waals surface area contributed by atoms with Gasteiger partial charge in [0.25, 0.3) is 5.91 Å². The normalized spacial score (nSPS) is 18.0. The molecule has 1 N–H and O–H groups in total. The molecule has 21 heavy (non-hydrogen) atoms. The van der Waals surface area contributed by atoms with Gasteiger partial charge in [-0.1, -0.05) is 39.5 Å². The van der Waals surface area contributed by atoms with Crippen LogP contribution in [0.4, 0.5) is 0 Å². The second-order valence-electron chi connectivity index (χ2n) is 6.37. The summed E-state index contributed by atoms with van der Waals surface area (Å²) in [6.07, 6.45) is 6.12. The molecular formula is C16H26N2O3. The van der Waals surface area contributed by atoms with Crippen molar-refractivity contribution in [3.05, 3.63) is 0 Å². The van der Waals surface area contributed by atoms with Crippen molar-refractivity contribution in [3.8, 4) is 6.07 Å². The Morgan fingerprint density at radius 1 is 1.38 bits per heavy atom. The van der Waals surface area contributed by atoms with Gasteiger partial charge in [0.1, 0.15) is 5.54 Å². The fourth-order valence-corrected chi connectivity index (χ4v) is 2.47. The lowest BCUT2D eigenvalue weighted by Gasteiger charge is -2.27. The van der Waals surface area contributed by atoms with Crippen molar-refractivity contribution in [2.75, 3.05) is 6.61 Å². The fourth-order valence-electron chi connectivity index (χ4n) is 2.47. The molecule has 0 aromatic carbocycles. The fraction of sp³-hybridized carbons (Fsp3) is 0.812. The van der Waals surface area contributed by atoms with Crippen LogP contribution in [-0.4, -0.2) is 24.0 Å². The molecule has 0 bridgehead atoms. The van der Waals surface area contributed by atoms with Crippen LogP contribution in [0.2, 0.25) is 0 Å². The van der Waals surface area contributed by atoms with Crippen molar-refractivity contribution >= 4 is 11.9 Å². The van der Waals surface area contributed by atoms with Crippen LogP contribution in [0.1, 0.15) is 59.3 Å². The molecule has 1 fully saturated rings. The van der Waals surface area contributed by atoms with E-state index in [1.807, 2.05) is 13.8 Å². The van der Waals surface area contributed by atoms with Gasteiger partial charge in [0.2, 0.25) is 0 Å². The Labute approximate surface area is 127 Å². The van der Waals surface area contributed by atoms with Crippen molar-refractivity contribution < 1.29 is 14.3 Å². The Hall–Kier alpha value is -1.57. The first kappa shape index (κ1) is 17.5. The first-order valence-electron chi connectivity index (χ1n) is 7.75. The Balaban J connectivity index is 2.25. The number of nitrogens with one attached hydrogen (secondary N) is 1. The predicted octanol–water partition coefficient (Wildman–Crippen LogP) is 2.55.